The molecule has 1 aliphatic rings. The van der Waals surface area contributed by atoms with E-state index in [4.69, 9.17) is 9.73 Å². The minimum absolute atomic E-state index is 0.0782. The predicted octanol–water partition coefficient (Wildman–Crippen LogP) is 6.40. The summed E-state index contributed by atoms with van der Waals surface area (Å²) < 4.78 is 5.69. The fourth-order valence-electron chi connectivity index (χ4n) is 5.16. The predicted molar refractivity (Wildman–Crippen MR) is 179 cm³/mol. The van der Waals surface area contributed by atoms with E-state index in [0.717, 1.165) is 31.2 Å². The van der Waals surface area contributed by atoms with Gasteiger partial charge in [-0.2, -0.15) is 0 Å². The lowest BCUT2D eigenvalue weighted by molar-refractivity contribution is -0.143. The summed E-state index contributed by atoms with van der Waals surface area (Å²) in [5.74, 6) is -0.206. The van der Waals surface area contributed by atoms with Gasteiger partial charge in [-0.25, -0.2) is 4.79 Å². The summed E-state index contributed by atoms with van der Waals surface area (Å²) in [7, 11) is 0. The summed E-state index contributed by atoms with van der Waals surface area (Å²) in [6.45, 7) is 17.4. The number of benzene rings is 2. The number of aromatic hydroxyl groups is 1. The number of hydrogen-bond acceptors (Lipinski definition) is 6. The fraction of sp³-hybridized carbons (Fsp3) is 0.556. The summed E-state index contributed by atoms with van der Waals surface area (Å²) in [4.78, 5) is 43.9. The van der Waals surface area contributed by atoms with Crippen LogP contribution in [0.5, 0.6) is 11.5 Å². The molecular formula is C36H52N4O5. The number of hydrogen-bond donors (Lipinski definition) is 4. The lowest BCUT2D eigenvalue weighted by atomic mass is 9.85. The van der Waals surface area contributed by atoms with Gasteiger partial charge in [-0.3, -0.25) is 14.6 Å². The maximum Gasteiger partial charge on any atom is 0.316 e. The smallest absolute Gasteiger partial charge is 0.316 e. The molecule has 1 unspecified atom stereocenters. The number of carbonyl (C=O) groups is 3. The zero-order valence-electron chi connectivity index (χ0n) is 28.4. The minimum atomic E-state index is -0.752. The maximum atomic E-state index is 13.3. The van der Waals surface area contributed by atoms with Crippen LogP contribution in [-0.2, 0) is 21.5 Å². The summed E-state index contributed by atoms with van der Waals surface area (Å²) >= 11 is 0. The second-order valence-electron chi connectivity index (χ2n) is 15.2. The van der Waals surface area contributed by atoms with Crippen molar-refractivity contribution in [3.63, 3.8) is 0 Å². The molecule has 4 N–H and O–H groups in total. The van der Waals surface area contributed by atoms with Crippen LogP contribution < -0.4 is 20.7 Å². The Morgan fingerprint density at radius 1 is 0.978 bits per heavy atom. The Morgan fingerprint density at radius 3 is 2.22 bits per heavy atom. The number of phenols is 1. The number of esters is 1. The summed E-state index contributed by atoms with van der Waals surface area (Å²) in [6.07, 6.45) is 4.99. The largest absolute Gasteiger partial charge is 0.507 e. The molecule has 0 radical (unpaired) electrons. The molecule has 2 aromatic rings. The van der Waals surface area contributed by atoms with Crippen LogP contribution in [-0.4, -0.2) is 47.4 Å². The van der Waals surface area contributed by atoms with Crippen LogP contribution in [0.2, 0.25) is 0 Å². The van der Waals surface area contributed by atoms with Crippen LogP contribution in [0.25, 0.3) is 0 Å². The third-order valence-electron chi connectivity index (χ3n) is 7.91. The van der Waals surface area contributed by atoms with Crippen LogP contribution >= 0.6 is 0 Å². The standard InChI is InChI=1S/C36H52N4O5/c1-34(2,3)26-20-25(45-32(43)36(7,8)9)19-24(29(26)41)22-37-27-17-13-14-18-28(27)39-33(44)40-30(35(4,5)6)31(42)38-21-23-15-11-10-12-16-23/h10-12,15-16,19-20,22,27-28,30,41H,13-14,17-18,21H2,1-9H3,(H,38,42)(H2,39,40,44)/t27-,28?,30-/m0/s1. The molecule has 3 amide bonds. The number of amides is 3. The molecule has 9 nitrogen and oxygen atoms in total. The van der Waals surface area contributed by atoms with Gasteiger partial charge in [0, 0.05) is 23.9 Å². The average Bonchev–Trinajstić information content (AvgIpc) is 2.94. The SMILES string of the molecule is CC(C)(C)C(=O)Oc1cc(C=N[C@H]2CCCCC2NC(=O)N[C@@H](C(=O)NCc2ccccc2)C(C)(C)C)c(O)c(C(C)(C)C)c1. The van der Waals surface area contributed by atoms with Crippen molar-refractivity contribution >= 4 is 24.1 Å². The van der Waals surface area contributed by atoms with E-state index in [2.05, 4.69) is 16.0 Å². The van der Waals surface area contributed by atoms with E-state index >= 15 is 0 Å². The highest BCUT2D eigenvalue weighted by molar-refractivity contribution is 5.88. The van der Waals surface area contributed by atoms with Gasteiger partial charge in [-0.15, -0.1) is 0 Å². The first-order valence-electron chi connectivity index (χ1n) is 15.9. The van der Waals surface area contributed by atoms with Crippen molar-refractivity contribution < 1.29 is 24.2 Å². The molecule has 0 spiro atoms. The number of phenolic OH excluding ortho intramolecular Hbond substituents is 1. The second-order valence-corrected chi connectivity index (χ2v) is 15.2. The van der Waals surface area contributed by atoms with E-state index in [0.29, 0.717) is 23.4 Å². The number of rotatable bonds is 8. The Morgan fingerprint density at radius 2 is 1.62 bits per heavy atom. The molecule has 0 aliphatic heterocycles. The van der Waals surface area contributed by atoms with Gasteiger partial charge in [0.2, 0.25) is 5.91 Å². The highest BCUT2D eigenvalue weighted by atomic mass is 16.5. The minimum Gasteiger partial charge on any atom is -0.507 e. The van der Waals surface area contributed by atoms with Crippen LogP contribution in [0.4, 0.5) is 4.79 Å². The third-order valence-corrected chi connectivity index (χ3v) is 7.91. The van der Waals surface area contributed by atoms with Gasteiger partial charge in [0.05, 0.1) is 17.5 Å². The molecule has 3 atom stereocenters. The van der Waals surface area contributed by atoms with Gasteiger partial charge in [-0.05, 0) is 62.1 Å². The van der Waals surface area contributed by atoms with E-state index in [1.165, 1.54) is 0 Å². The van der Waals surface area contributed by atoms with Crippen molar-refractivity contribution in [3.05, 3.63) is 59.2 Å². The zero-order valence-corrected chi connectivity index (χ0v) is 28.4. The topological polar surface area (TPSA) is 129 Å². The normalized spacial score (nSPS) is 18.2. The molecule has 9 heteroatoms. The molecule has 0 saturated heterocycles. The van der Waals surface area contributed by atoms with Crippen molar-refractivity contribution in [2.75, 3.05) is 0 Å². The molecule has 1 aliphatic carbocycles. The summed E-state index contributed by atoms with van der Waals surface area (Å²) in [5.41, 5.74) is 0.427. The average molecular weight is 621 g/mol. The second kappa shape index (κ2) is 14.5. The molecule has 0 heterocycles. The van der Waals surface area contributed by atoms with E-state index in [-0.39, 0.29) is 29.7 Å². The van der Waals surface area contributed by atoms with Gasteiger partial charge < -0.3 is 25.8 Å². The van der Waals surface area contributed by atoms with Crippen LogP contribution in [0, 0.1) is 10.8 Å². The Hall–Kier alpha value is -3.88. The number of nitrogens with zero attached hydrogens (tertiary/aromatic N) is 1. The zero-order chi connectivity index (χ0) is 33.6. The van der Waals surface area contributed by atoms with Crippen LogP contribution in [0.1, 0.15) is 105 Å². The molecule has 0 bridgehead atoms. The van der Waals surface area contributed by atoms with Gasteiger partial charge in [0.25, 0.3) is 0 Å². The van der Waals surface area contributed by atoms with Gasteiger partial charge in [-0.1, -0.05) is 84.7 Å². The van der Waals surface area contributed by atoms with Crippen LogP contribution in [0.15, 0.2) is 47.5 Å². The third kappa shape index (κ3) is 10.3. The number of nitrogens with one attached hydrogen (secondary N) is 3. The molecular weight excluding hydrogens is 568 g/mol. The maximum absolute atomic E-state index is 13.3. The molecule has 3 rings (SSSR count). The quantitative estimate of drug-likeness (QED) is 0.154. The van der Waals surface area contributed by atoms with E-state index in [1.54, 1.807) is 39.1 Å². The van der Waals surface area contributed by atoms with Crippen molar-refractivity contribution in [1.82, 2.24) is 16.0 Å². The highest BCUT2D eigenvalue weighted by Crippen LogP contribution is 2.37. The number of urea groups is 1. The first kappa shape index (κ1) is 35.6. The molecule has 1 fully saturated rings. The molecule has 45 heavy (non-hydrogen) atoms. The highest BCUT2D eigenvalue weighted by Gasteiger charge is 2.34. The van der Waals surface area contributed by atoms with Crippen molar-refractivity contribution in [2.45, 2.75) is 118 Å². The van der Waals surface area contributed by atoms with Crippen molar-refractivity contribution in [1.29, 1.82) is 0 Å². The Kier molecular flexibility index (Phi) is 11.5. The number of aliphatic imine (C=N–C) groups is 1. The van der Waals surface area contributed by atoms with E-state index < -0.39 is 28.3 Å². The first-order chi connectivity index (χ1) is 20.9. The van der Waals surface area contributed by atoms with Gasteiger partial charge in [0.15, 0.2) is 0 Å². The lowest BCUT2D eigenvalue weighted by Gasteiger charge is -2.33. The van der Waals surface area contributed by atoms with E-state index in [9.17, 15) is 19.5 Å². The van der Waals surface area contributed by atoms with Gasteiger partial charge in [0.1, 0.15) is 17.5 Å². The summed E-state index contributed by atoms with van der Waals surface area (Å²) in [5, 5.41) is 20.1. The summed E-state index contributed by atoms with van der Waals surface area (Å²) in [6, 6.07) is 11.3. The van der Waals surface area contributed by atoms with Crippen molar-refractivity contribution in [3.8, 4) is 11.5 Å². The number of carbonyl (C=O) groups excluding carboxylic acids is 3. The van der Waals surface area contributed by atoms with Crippen LogP contribution in [0.3, 0.4) is 0 Å². The first-order valence-corrected chi connectivity index (χ1v) is 15.9. The molecule has 246 valence electrons. The molecule has 2 aromatic carbocycles. The lowest BCUT2D eigenvalue weighted by Crippen LogP contribution is -2.58. The Balaban J connectivity index is 1.77. The fourth-order valence-corrected chi connectivity index (χ4v) is 5.16. The molecule has 1 saturated carbocycles. The van der Waals surface area contributed by atoms with Crippen molar-refractivity contribution in [2.24, 2.45) is 15.8 Å². The van der Waals surface area contributed by atoms with Gasteiger partial charge >= 0.3 is 12.0 Å². The Bertz CT molecular complexity index is 1370. The monoisotopic (exact) mass is 620 g/mol. The Labute approximate surface area is 268 Å². The molecule has 0 aromatic heterocycles. The van der Waals surface area contributed by atoms with E-state index in [1.807, 2.05) is 71.9 Å². The number of ether oxygens (including phenoxy) is 1.